The van der Waals surface area contributed by atoms with Crippen LogP contribution in [-0.2, 0) is 16.6 Å². The van der Waals surface area contributed by atoms with Gasteiger partial charge in [0.2, 0.25) is 10.0 Å². The molecule has 4 nitrogen and oxygen atoms in total. The molecule has 5 heteroatoms. The van der Waals surface area contributed by atoms with E-state index in [0.717, 1.165) is 11.1 Å². The molecule has 1 aromatic rings. The highest BCUT2D eigenvalue weighted by atomic mass is 32.2. The van der Waals surface area contributed by atoms with Crippen molar-refractivity contribution < 1.29 is 8.42 Å². The fourth-order valence-electron chi connectivity index (χ4n) is 1.58. The number of nitrogens with one attached hydrogen (secondary N) is 1. The summed E-state index contributed by atoms with van der Waals surface area (Å²) in [6, 6.07) is 5.09. The van der Waals surface area contributed by atoms with Gasteiger partial charge in [-0.3, -0.25) is 0 Å². The van der Waals surface area contributed by atoms with Crippen molar-refractivity contribution in [2.24, 2.45) is 11.7 Å². The Morgan fingerprint density at radius 1 is 1.28 bits per heavy atom. The average molecular weight is 270 g/mol. The van der Waals surface area contributed by atoms with E-state index in [1.165, 1.54) is 0 Å². The van der Waals surface area contributed by atoms with Crippen LogP contribution in [0.2, 0.25) is 0 Å². The smallest absolute Gasteiger partial charge is 0.241 e. The fourth-order valence-corrected chi connectivity index (χ4v) is 3.20. The zero-order chi connectivity index (χ0) is 13.9. The summed E-state index contributed by atoms with van der Waals surface area (Å²) in [7, 11) is -3.45. The topological polar surface area (TPSA) is 72.2 Å². The number of nitrogens with two attached hydrogens (primary N) is 1. The second-order valence-corrected chi connectivity index (χ2v) is 6.64. The zero-order valence-corrected chi connectivity index (χ0v) is 12.2. The zero-order valence-electron chi connectivity index (χ0n) is 11.4. The van der Waals surface area contributed by atoms with E-state index in [-0.39, 0.29) is 12.0 Å². The third-order valence-corrected chi connectivity index (χ3v) is 4.82. The Labute approximate surface area is 110 Å². The minimum absolute atomic E-state index is 0.0939. The Kier molecular flexibility index (Phi) is 4.90. The summed E-state index contributed by atoms with van der Waals surface area (Å²) in [6.07, 6.45) is 0. The lowest BCUT2D eigenvalue weighted by atomic mass is 10.1. The van der Waals surface area contributed by atoms with Gasteiger partial charge in [-0.2, -0.15) is 0 Å². The predicted octanol–water partition coefficient (Wildman–Crippen LogP) is 1.78. The van der Waals surface area contributed by atoms with Gasteiger partial charge in [0.25, 0.3) is 0 Å². The number of rotatable bonds is 5. The Bertz CT molecular complexity index is 510. The fraction of sp³-hybridized carbons (Fsp3) is 0.538. The number of hydrogen-bond acceptors (Lipinski definition) is 3. The highest BCUT2D eigenvalue weighted by Crippen LogP contribution is 2.17. The first-order valence-corrected chi connectivity index (χ1v) is 7.58. The van der Waals surface area contributed by atoms with Gasteiger partial charge in [0, 0.05) is 12.6 Å². The first-order chi connectivity index (χ1) is 8.27. The van der Waals surface area contributed by atoms with Crippen LogP contribution in [0.25, 0.3) is 0 Å². The van der Waals surface area contributed by atoms with Gasteiger partial charge in [-0.15, -0.1) is 0 Å². The van der Waals surface area contributed by atoms with Crippen molar-refractivity contribution >= 4 is 10.0 Å². The molecule has 0 amide bonds. The first kappa shape index (κ1) is 15.1. The van der Waals surface area contributed by atoms with Crippen LogP contribution in [0, 0.1) is 12.8 Å². The Morgan fingerprint density at radius 3 is 2.33 bits per heavy atom. The molecule has 0 radical (unpaired) electrons. The molecule has 1 aromatic carbocycles. The van der Waals surface area contributed by atoms with E-state index in [1.807, 2.05) is 26.8 Å². The van der Waals surface area contributed by atoms with Crippen molar-refractivity contribution in [3.63, 3.8) is 0 Å². The molecule has 0 saturated carbocycles. The first-order valence-electron chi connectivity index (χ1n) is 6.10. The van der Waals surface area contributed by atoms with Gasteiger partial charge in [-0.1, -0.05) is 26.0 Å². The van der Waals surface area contributed by atoms with Crippen LogP contribution in [0.15, 0.2) is 23.1 Å². The number of benzene rings is 1. The van der Waals surface area contributed by atoms with Crippen LogP contribution in [0.3, 0.4) is 0 Å². The summed E-state index contributed by atoms with van der Waals surface area (Å²) < 4.78 is 27.1. The maximum absolute atomic E-state index is 12.2. The Hall–Kier alpha value is -0.910. The molecule has 0 fully saturated rings. The van der Waals surface area contributed by atoms with Crippen molar-refractivity contribution in [1.82, 2.24) is 4.72 Å². The quantitative estimate of drug-likeness (QED) is 0.856. The highest BCUT2D eigenvalue weighted by Gasteiger charge is 2.20. The standard InChI is InChI=1S/C13H22N2O2S/c1-9(2)11(4)15-18(16,17)13-6-5-12(8-14)7-10(13)3/h5-7,9,11,15H,8,14H2,1-4H3. The molecule has 0 aliphatic heterocycles. The Balaban J connectivity index is 3.06. The number of sulfonamides is 1. The molecule has 0 aliphatic rings. The maximum atomic E-state index is 12.2. The van der Waals surface area contributed by atoms with E-state index in [2.05, 4.69) is 4.72 Å². The van der Waals surface area contributed by atoms with Gasteiger partial charge in [-0.05, 0) is 37.0 Å². The molecule has 0 spiro atoms. The van der Waals surface area contributed by atoms with E-state index in [9.17, 15) is 8.42 Å². The van der Waals surface area contributed by atoms with E-state index in [4.69, 9.17) is 5.73 Å². The van der Waals surface area contributed by atoms with Gasteiger partial charge < -0.3 is 5.73 Å². The normalized spacial score (nSPS) is 13.9. The van der Waals surface area contributed by atoms with Gasteiger partial charge >= 0.3 is 0 Å². The van der Waals surface area contributed by atoms with Crippen LogP contribution in [0.5, 0.6) is 0 Å². The molecule has 0 bridgehead atoms. The molecule has 0 aromatic heterocycles. The summed E-state index contributed by atoms with van der Waals surface area (Å²) in [5, 5.41) is 0. The number of hydrogen-bond donors (Lipinski definition) is 2. The molecular weight excluding hydrogens is 248 g/mol. The minimum atomic E-state index is -3.45. The summed E-state index contributed by atoms with van der Waals surface area (Å²) in [4.78, 5) is 0.326. The van der Waals surface area contributed by atoms with E-state index in [0.29, 0.717) is 11.4 Å². The van der Waals surface area contributed by atoms with Crippen molar-refractivity contribution in [1.29, 1.82) is 0 Å². The van der Waals surface area contributed by atoms with Gasteiger partial charge in [0.1, 0.15) is 0 Å². The largest absolute Gasteiger partial charge is 0.326 e. The molecule has 18 heavy (non-hydrogen) atoms. The summed E-state index contributed by atoms with van der Waals surface area (Å²) in [5.74, 6) is 0.253. The maximum Gasteiger partial charge on any atom is 0.241 e. The lowest BCUT2D eigenvalue weighted by Crippen LogP contribution is -2.36. The molecular formula is C13H22N2O2S. The van der Waals surface area contributed by atoms with Crippen molar-refractivity contribution in [3.8, 4) is 0 Å². The number of aryl methyl sites for hydroxylation is 1. The third-order valence-electron chi connectivity index (χ3n) is 3.11. The molecule has 0 aliphatic carbocycles. The third kappa shape index (κ3) is 3.54. The van der Waals surface area contributed by atoms with Crippen LogP contribution in [-0.4, -0.2) is 14.5 Å². The summed E-state index contributed by atoms with van der Waals surface area (Å²) in [5.41, 5.74) is 7.19. The predicted molar refractivity (Wildman–Crippen MR) is 73.7 cm³/mol. The molecule has 0 saturated heterocycles. The second-order valence-electron chi connectivity index (χ2n) is 4.96. The molecule has 1 atom stereocenters. The van der Waals surface area contributed by atoms with Crippen LogP contribution >= 0.6 is 0 Å². The van der Waals surface area contributed by atoms with Crippen molar-refractivity contribution in [3.05, 3.63) is 29.3 Å². The molecule has 3 N–H and O–H groups in total. The lowest BCUT2D eigenvalue weighted by Gasteiger charge is -2.18. The van der Waals surface area contributed by atoms with E-state index < -0.39 is 10.0 Å². The van der Waals surface area contributed by atoms with Crippen LogP contribution < -0.4 is 10.5 Å². The van der Waals surface area contributed by atoms with Gasteiger partial charge in [0.15, 0.2) is 0 Å². The molecule has 102 valence electrons. The molecule has 1 rings (SSSR count). The SMILES string of the molecule is Cc1cc(CN)ccc1S(=O)(=O)NC(C)C(C)C. The monoisotopic (exact) mass is 270 g/mol. The molecule has 1 unspecified atom stereocenters. The summed E-state index contributed by atoms with van der Waals surface area (Å²) >= 11 is 0. The minimum Gasteiger partial charge on any atom is -0.326 e. The summed E-state index contributed by atoms with van der Waals surface area (Å²) in [6.45, 7) is 8.03. The van der Waals surface area contributed by atoms with Crippen molar-refractivity contribution in [2.75, 3.05) is 0 Å². The lowest BCUT2D eigenvalue weighted by molar-refractivity contribution is 0.476. The van der Waals surface area contributed by atoms with Crippen LogP contribution in [0.1, 0.15) is 31.9 Å². The van der Waals surface area contributed by atoms with Crippen LogP contribution in [0.4, 0.5) is 0 Å². The van der Waals surface area contributed by atoms with Gasteiger partial charge in [-0.25, -0.2) is 13.1 Å². The van der Waals surface area contributed by atoms with E-state index >= 15 is 0 Å². The Morgan fingerprint density at radius 2 is 1.89 bits per heavy atom. The van der Waals surface area contributed by atoms with E-state index in [1.54, 1.807) is 19.1 Å². The van der Waals surface area contributed by atoms with Gasteiger partial charge in [0.05, 0.1) is 4.90 Å². The second kappa shape index (κ2) is 5.82. The molecule has 0 heterocycles. The van der Waals surface area contributed by atoms with Crippen molar-refractivity contribution in [2.45, 2.75) is 45.2 Å². The highest BCUT2D eigenvalue weighted by molar-refractivity contribution is 7.89. The average Bonchev–Trinajstić information content (AvgIpc) is 2.27.